The highest BCUT2D eigenvalue weighted by molar-refractivity contribution is 5.94. The van der Waals surface area contributed by atoms with E-state index in [-0.39, 0.29) is 12.5 Å². The number of aryl methyl sites for hydroxylation is 1. The summed E-state index contributed by atoms with van der Waals surface area (Å²) < 4.78 is 0. The third-order valence-corrected chi connectivity index (χ3v) is 4.42. The molecule has 0 unspecified atom stereocenters. The van der Waals surface area contributed by atoms with Crippen LogP contribution in [0, 0.1) is 5.92 Å². The van der Waals surface area contributed by atoms with E-state index in [1.807, 2.05) is 4.90 Å². The summed E-state index contributed by atoms with van der Waals surface area (Å²) in [5.41, 5.74) is 2.93. The van der Waals surface area contributed by atoms with Crippen molar-refractivity contribution in [2.24, 2.45) is 5.92 Å². The molecule has 1 aromatic heterocycles. The zero-order chi connectivity index (χ0) is 13.2. The highest BCUT2D eigenvalue weighted by atomic mass is 16.3. The van der Waals surface area contributed by atoms with Gasteiger partial charge < -0.3 is 10.0 Å². The fourth-order valence-corrected chi connectivity index (χ4v) is 3.13. The molecule has 1 aliphatic heterocycles. The van der Waals surface area contributed by atoms with Crippen LogP contribution < -0.4 is 0 Å². The topological polar surface area (TPSA) is 69.2 Å². The molecule has 0 aromatic carbocycles. The monoisotopic (exact) mass is 263 g/mol. The number of rotatable bonds is 2. The average molecular weight is 263 g/mol. The van der Waals surface area contributed by atoms with E-state index >= 15 is 0 Å². The Morgan fingerprint density at radius 2 is 2.05 bits per heavy atom. The van der Waals surface area contributed by atoms with Gasteiger partial charge in [-0.2, -0.15) is 5.10 Å². The molecule has 5 heteroatoms. The molecule has 0 saturated carbocycles. The zero-order valence-corrected chi connectivity index (χ0v) is 11.2. The number of aliphatic hydroxyl groups is 1. The number of amides is 1. The van der Waals surface area contributed by atoms with Crippen LogP contribution in [0.3, 0.4) is 0 Å². The number of likely N-dealkylation sites (tertiary alicyclic amines) is 1. The lowest BCUT2D eigenvalue weighted by Crippen LogP contribution is -2.39. The number of aromatic amines is 1. The van der Waals surface area contributed by atoms with Gasteiger partial charge in [0.1, 0.15) is 0 Å². The van der Waals surface area contributed by atoms with Gasteiger partial charge in [-0.25, -0.2) is 0 Å². The maximum atomic E-state index is 12.5. The maximum Gasteiger partial charge on any atom is 0.274 e. The van der Waals surface area contributed by atoms with E-state index in [4.69, 9.17) is 5.11 Å². The van der Waals surface area contributed by atoms with Gasteiger partial charge in [-0.1, -0.05) is 0 Å². The Morgan fingerprint density at radius 3 is 2.79 bits per heavy atom. The number of fused-ring (bicyclic) bond motifs is 1. The summed E-state index contributed by atoms with van der Waals surface area (Å²) in [6, 6.07) is 0. The summed E-state index contributed by atoms with van der Waals surface area (Å²) >= 11 is 0. The Bertz CT molecular complexity index is 461. The van der Waals surface area contributed by atoms with Gasteiger partial charge in [0.15, 0.2) is 5.69 Å². The van der Waals surface area contributed by atoms with Gasteiger partial charge in [0.05, 0.1) is 0 Å². The molecule has 1 saturated heterocycles. The van der Waals surface area contributed by atoms with E-state index in [2.05, 4.69) is 10.2 Å². The molecule has 1 aliphatic carbocycles. The fourth-order valence-electron chi connectivity index (χ4n) is 3.13. The number of H-pyrrole nitrogens is 1. The van der Waals surface area contributed by atoms with Crippen molar-refractivity contribution < 1.29 is 9.90 Å². The van der Waals surface area contributed by atoms with Gasteiger partial charge in [-0.15, -0.1) is 0 Å². The van der Waals surface area contributed by atoms with Crippen LogP contribution in [0.2, 0.25) is 0 Å². The molecular weight excluding hydrogens is 242 g/mol. The second-order valence-corrected chi connectivity index (χ2v) is 5.65. The molecule has 0 radical (unpaired) electrons. The minimum atomic E-state index is 0.0655. The minimum absolute atomic E-state index is 0.0655. The van der Waals surface area contributed by atoms with Crippen molar-refractivity contribution in [3.8, 4) is 0 Å². The molecule has 0 spiro atoms. The number of piperidine rings is 1. The smallest absolute Gasteiger partial charge is 0.274 e. The Labute approximate surface area is 113 Å². The number of hydrogen-bond donors (Lipinski definition) is 2. The number of carbonyl (C=O) groups excluding carboxylic acids is 1. The molecule has 5 nitrogen and oxygen atoms in total. The van der Waals surface area contributed by atoms with E-state index in [1.54, 1.807) is 0 Å². The van der Waals surface area contributed by atoms with Gasteiger partial charge >= 0.3 is 0 Å². The summed E-state index contributed by atoms with van der Waals surface area (Å²) in [7, 11) is 0. The van der Waals surface area contributed by atoms with Crippen LogP contribution in [-0.4, -0.2) is 45.8 Å². The number of nitrogens with zero attached hydrogens (tertiary/aromatic N) is 2. The first-order valence-corrected chi connectivity index (χ1v) is 7.26. The fraction of sp³-hybridized carbons (Fsp3) is 0.714. The van der Waals surface area contributed by atoms with E-state index < -0.39 is 0 Å². The number of carbonyl (C=O) groups is 1. The Balaban J connectivity index is 1.72. The SMILES string of the molecule is O=C(c1n[nH]c2c1CCCC2)N1CCC(CO)CC1. The largest absolute Gasteiger partial charge is 0.396 e. The number of nitrogens with one attached hydrogen (secondary N) is 1. The van der Waals surface area contributed by atoms with Crippen molar-refractivity contribution in [1.82, 2.24) is 15.1 Å². The molecule has 2 aliphatic rings. The summed E-state index contributed by atoms with van der Waals surface area (Å²) in [6.45, 7) is 1.72. The molecular formula is C14H21N3O2. The molecule has 1 fully saturated rings. The first kappa shape index (κ1) is 12.7. The van der Waals surface area contributed by atoms with Crippen molar-refractivity contribution in [3.05, 3.63) is 17.0 Å². The van der Waals surface area contributed by atoms with E-state index in [1.165, 1.54) is 6.42 Å². The Kier molecular flexibility index (Phi) is 3.55. The predicted octanol–water partition coefficient (Wildman–Crippen LogP) is 1.13. The van der Waals surface area contributed by atoms with Crippen molar-refractivity contribution in [3.63, 3.8) is 0 Å². The maximum absolute atomic E-state index is 12.5. The molecule has 104 valence electrons. The molecule has 3 rings (SSSR count). The zero-order valence-electron chi connectivity index (χ0n) is 11.2. The summed E-state index contributed by atoms with van der Waals surface area (Å²) in [5, 5.41) is 16.4. The lowest BCUT2D eigenvalue weighted by Gasteiger charge is -2.30. The highest BCUT2D eigenvalue weighted by Crippen LogP contribution is 2.24. The molecule has 2 heterocycles. The first-order valence-electron chi connectivity index (χ1n) is 7.26. The second kappa shape index (κ2) is 5.33. The highest BCUT2D eigenvalue weighted by Gasteiger charge is 2.28. The third kappa shape index (κ3) is 2.39. The summed E-state index contributed by atoms with van der Waals surface area (Å²) in [5.74, 6) is 0.424. The Morgan fingerprint density at radius 1 is 1.32 bits per heavy atom. The summed E-state index contributed by atoms with van der Waals surface area (Å²) in [6.07, 6.45) is 6.12. The lowest BCUT2D eigenvalue weighted by atomic mass is 9.94. The lowest BCUT2D eigenvalue weighted by molar-refractivity contribution is 0.0644. The van der Waals surface area contributed by atoms with Crippen LogP contribution in [0.1, 0.15) is 47.4 Å². The number of hydrogen-bond acceptors (Lipinski definition) is 3. The Hall–Kier alpha value is -1.36. The molecule has 19 heavy (non-hydrogen) atoms. The second-order valence-electron chi connectivity index (χ2n) is 5.65. The van der Waals surface area contributed by atoms with Crippen LogP contribution in [0.5, 0.6) is 0 Å². The molecule has 0 bridgehead atoms. The molecule has 2 N–H and O–H groups in total. The van der Waals surface area contributed by atoms with Crippen molar-refractivity contribution >= 4 is 5.91 Å². The van der Waals surface area contributed by atoms with E-state index in [0.29, 0.717) is 11.6 Å². The first-order chi connectivity index (χ1) is 9.29. The minimum Gasteiger partial charge on any atom is -0.396 e. The van der Waals surface area contributed by atoms with E-state index in [0.717, 1.165) is 56.5 Å². The van der Waals surface area contributed by atoms with Crippen LogP contribution in [0.25, 0.3) is 0 Å². The molecule has 1 amide bonds. The summed E-state index contributed by atoms with van der Waals surface area (Å²) in [4.78, 5) is 14.4. The van der Waals surface area contributed by atoms with Gasteiger partial charge in [0, 0.05) is 31.0 Å². The van der Waals surface area contributed by atoms with Gasteiger partial charge in [0.25, 0.3) is 5.91 Å². The predicted molar refractivity (Wildman–Crippen MR) is 70.9 cm³/mol. The van der Waals surface area contributed by atoms with Gasteiger partial charge in [0.2, 0.25) is 0 Å². The quantitative estimate of drug-likeness (QED) is 0.840. The molecule has 0 atom stereocenters. The average Bonchev–Trinajstić information content (AvgIpc) is 2.90. The molecule has 1 aromatic rings. The van der Waals surface area contributed by atoms with Crippen molar-refractivity contribution in [2.75, 3.05) is 19.7 Å². The van der Waals surface area contributed by atoms with Crippen molar-refractivity contribution in [1.29, 1.82) is 0 Å². The van der Waals surface area contributed by atoms with Gasteiger partial charge in [-0.05, 0) is 44.4 Å². The van der Waals surface area contributed by atoms with Crippen LogP contribution in [0.15, 0.2) is 0 Å². The van der Waals surface area contributed by atoms with Crippen LogP contribution in [-0.2, 0) is 12.8 Å². The number of aliphatic hydroxyl groups excluding tert-OH is 1. The normalized spacial score (nSPS) is 20.4. The third-order valence-electron chi connectivity index (χ3n) is 4.42. The number of aromatic nitrogens is 2. The standard InChI is InChI=1S/C14H21N3O2/c18-9-10-5-7-17(8-6-10)14(19)13-11-3-1-2-4-12(11)15-16-13/h10,18H,1-9H2,(H,15,16). The van der Waals surface area contributed by atoms with Crippen LogP contribution in [0.4, 0.5) is 0 Å². The van der Waals surface area contributed by atoms with Crippen LogP contribution >= 0.6 is 0 Å². The van der Waals surface area contributed by atoms with E-state index in [9.17, 15) is 4.79 Å². The van der Waals surface area contributed by atoms with Gasteiger partial charge in [-0.3, -0.25) is 9.89 Å². The van der Waals surface area contributed by atoms with Crippen molar-refractivity contribution in [2.45, 2.75) is 38.5 Å².